The highest BCUT2D eigenvalue weighted by Crippen LogP contribution is 2.64. The van der Waals surface area contributed by atoms with Gasteiger partial charge in [0.25, 0.3) is 0 Å². The van der Waals surface area contributed by atoms with E-state index in [1.807, 2.05) is 6.92 Å². The first-order valence-electron chi connectivity index (χ1n) is 11.8. The van der Waals surface area contributed by atoms with Crippen LogP contribution in [0.15, 0.2) is 72.8 Å². The maximum atomic E-state index is 14.8. The van der Waals surface area contributed by atoms with Gasteiger partial charge in [-0.25, -0.2) is 0 Å². The maximum Gasteiger partial charge on any atom is 0.330 e. The van der Waals surface area contributed by atoms with Crippen LogP contribution in [-0.4, -0.2) is 31.0 Å². The van der Waals surface area contributed by atoms with Gasteiger partial charge in [-0.15, -0.1) is 0 Å². The Kier molecular flexibility index (Phi) is 7.34. The Morgan fingerprint density at radius 2 is 1.35 bits per heavy atom. The van der Waals surface area contributed by atoms with E-state index in [0.717, 1.165) is 0 Å². The molecule has 0 radical (unpaired) electrons. The molecule has 1 fully saturated rings. The summed E-state index contributed by atoms with van der Waals surface area (Å²) < 4.78 is 79.2. The van der Waals surface area contributed by atoms with Crippen LogP contribution in [0.5, 0.6) is 23.0 Å². The van der Waals surface area contributed by atoms with E-state index >= 15 is 0 Å². The van der Waals surface area contributed by atoms with Crippen LogP contribution in [0, 0.1) is 0 Å². The summed E-state index contributed by atoms with van der Waals surface area (Å²) >= 11 is 0. The number of rotatable bonds is 10. The number of benzene rings is 3. The van der Waals surface area contributed by atoms with Crippen molar-refractivity contribution in [3.63, 3.8) is 0 Å². The Labute approximate surface area is 211 Å². The molecule has 0 N–H and O–H groups in total. The van der Waals surface area contributed by atoms with Gasteiger partial charge in [-0.3, -0.25) is 4.79 Å². The fraction of sp³-hybridized carbons (Fsp3) is 0.321. The van der Waals surface area contributed by atoms with Crippen LogP contribution in [-0.2, 0) is 21.6 Å². The molecule has 196 valence electrons. The van der Waals surface area contributed by atoms with Crippen molar-refractivity contribution in [1.29, 1.82) is 0 Å². The largest absolute Gasteiger partial charge is 0.494 e. The van der Waals surface area contributed by atoms with E-state index in [-0.39, 0.29) is 5.56 Å². The molecule has 4 rings (SSSR count). The van der Waals surface area contributed by atoms with Crippen LogP contribution in [0.1, 0.15) is 31.4 Å². The molecule has 0 heterocycles. The van der Waals surface area contributed by atoms with Crippen molar-refractivity contribution in [1.82, 2.24) is 0 Å². The maximum absolute atomic E-state index is 14.8. The highest BCUT2D eigenvalue weighted by Gasteiger charge is 2.84. The first-order valence-corrected chi connectivity index (χ1v) is 11.8. The van der Waals surface area contributed by atoms with Crippen LogP contribution < -0.4 is 14.2 Å². The molecule has 0 spiro atoms. The van der Waals surface area contributed by atoms with Crippen molar-refractivity contribution in [3.8, 4) is 23.0 Å². The van der Waals surface area contributed by atoms with Gasteiger partial charge in [-0.1, -0.05) is 24.3 Å². The average Bonchev–Trinajstić information content (AvgIpc) is 2.88. The topological polar surface area (TPSA) is 54.0 Å². The third-order valence-electron chi connectivity index (χ3n) is 6.13. The minimum atomic E-state index is -4.62. The number of alkyl halides is 4. The minimum absolute atomic E-state index is 0.260. The van der Waals surface area contributed by atoms with Gasteiger partial charge in [0.2, 0.25) is 0 Å². The molecule has 3 aromatic carbocycles. The van der Waals surface area contributed by atoms with Crippen molar-refractivity contribution < 1.29 is 41.3 Å². The van der Waals surface area contributed by atoms with E-state index in [9.17, 15) is 22.4 Å². The summed E-state index contributed by atoms with van der Waals surface area (Å²) in [5.74, 6) is -8.38. The summed E-state index contributed by atoms with van der Waals surface area (Å²) in [5.41, 5.74) is -2.63. The molecule has 37 heavy (non-hydrogen) atoms. The van der Waals surface area contributed by atoms with Gasteiger partial charge < -0.3 is 18.9 Å². The monoisotopic (exact) mass is 518 g/mol. The molecule has 0 amide bonds. The molecule has 1 atom stereocenters. The normalized spacial score (nSPS) is 19.4. The van der Waals surface area contributed by atoms with Crippen molar-refractivity contribution in [3.05, 3.63) is 83.9 Å². The molecule has 0 aliphatic heterocycles. The van der Waals surface area contributed by atoms with E-state index in [1.165, 1.54) is 24.3 Å². The second-order valence-electron chi connectivity index (χ2n) is 8.55. The van der Waals surface area contributed by atoms with Gasteiger partial charge in [0.15, 0.2) is 5.41 Å². The second kappa shape index (κ2) is 10.3. The van der Waals surface area contributed by atoms with Crippen molar-refractivity contribution in [2.45, 2.75) is 44.1 Å². The summed E-state index contributed by atoms with van der Waals surface area (Å²) in [4.78, 5) is 13.0. The number of hydrogen-bond donors (Lipinski definition) is 0. The van der Waals surface area contributed by atoms with Crippen LogP contribution in [0.2, 0.25) is 0 Å². The number of hydrogen-bond acceptors (Lipinski definition) is 5. The minimum Gasteiger partial charge on any atom is -0.494 e. The van der Waals surface area contributed by atoms with E-state index in [4.69, 9.17) is 18.9 Å². The van der Waals surface area contributed by atoms with Gasteiger partial charge in [0.05, 0.1) is 13.2 Å². The predicted molar refractivity (Wildman–Crippen MR) is 128 cm³/mol. The van der Waals surface area contributed by atoms with E-state index in [0.29, 0.717) is 41.8 Å². The van der Waals surface area contributed by atoms with Gasteiger partial charge in [-0.05, 0) is 73.5 Å². The van der Waals surface area contributed by atoms with Gasteiger partial charge >= 0.3 is 17.8 Å². The van der Waals surface area contributed by atoms with Gasteiger partial charge in [-0.2, -0.15) is 17.6 Å². The fourth-order valence-corrected chi connectivity index (χ4v) is 4.24. The third kappa shape index (κ3) is 4.95. The lowest BCUT2D eigenvalue weighted by atomic mass is 9.58. The van der Waals surface area contributed by atoms with Crippen LogP contribution in [0.3, 0.4) is 0 Å². The third-order valence-corrected chi connectivity index (χ3v) is 6.13. The first-order chi connectivity index (χ1) is 17.6. The molecule has 9 heteroatoms. The zero-order valence-corrected chi connectivity index (χ0v) is 20.3. The van der Waals surface area contributed by atoms with Gasteiger partial charge in [0, 0.05) is 6.42 Å². The van der Waals surface area contributed by atoms with Crippen LogP contribution >= 0.6 is 0 Å². The zero-order valence-electron chi connectivity index (χ0n) is 20.3. The second-order valence-corrected chi connectivity index (χ2v) is 8.55. The molecule has 0 aromatic heterocycles. The molecule has 5 nitrogen and oxygen atoms in total. The molecular weight excluding hydrogens is 492 g/mol. The Morgan fingerprint density at radius 1 is 0.784 bits per heavy atom. The van der Waals surface area contributed by atoms with Gasteiger partial charge in [0.1, 0.15) is 29.6 Å². The van der Waals surface area contributed by atoms with E-state index in [1.54, 1.807) is 55.5 Å². The van der Waals surface area contributed by atoms with Crippen molar-refractivity contribution in [2.24, 2.45) is 0 Å². The Bertz CT molecular complexity index is 1230. The lowest BCUT2D eigenvalue weighted by Gasteiger charge is -2.51. The molecular formula is C28H26F4O5. The summed E-state index contributed by atoms with van der Waals surface area (Å²) in [5, 5.41) is 0. The standard InChI is InChI=1S/C28H26F4O5/c1-3-34-21-10-8-20(9-11-21)26(18-27(29,30)28(26,31)32)25(33)36-17-19-6-5-7-24(16-19)37-23-14-12-22(13-15-23)35-4-2/h5-16H,3-4,17-18H2,1-2H3. The number of halogens is 4. The Morgan fingerprint density at radius 3 is 1.89 bits per heavy atom. The molecule has 1 saturated carbocycles. The molecule has 3 aromatic rings. The molecule has 1 aliphatic rings. The Balaban J connectivity index is 1.49. The number of ether oxygens (including phenoxy) is 4. The highest BCUT2D eigenvalue weighted by atomic mass is 19.3. The van der Waals surface area contributed by atoms with E-state index < -0.39 is 36.3 Å². The smallest absolute Gasteiger partial charge is 0.330 e. The number of carbonyl (C=O) groups is 1. The summed E-state index contributed by atoms with van der Waals surface area (Å²) in [6.45, 7) is 4.08. The molecule has 1 unspecified atom stereocenters. The zero-order chi connectivity index (χ0) is 26.7. The van der Waals surface area contributed by atoms with Crippen molar-refractivity contribution >= 4 is 5.97 Å². The average molecular weight is 519 g/mol. The SMILES string of the molecule is CCOc1ccc(Oc2cccc(COC(=O)C3(c4ccc(OCC)cc4)CC(F)(F)C3(F)F)c2)cc1. The fourth-order valence-electron chi connectivity index (χ4n) is 4.24. The summed E-state index contributed by atoms with van der Waals surface area (Å²) in [6, 6.07) is 18.5. The molecule has 0 saturated heterocycles. The number of esters is 1. The lowest BCUT2D eigenvalue weighted by molar-refractivity contribution is -0.323. The summed E-state index contributed by atoms with van der Waals surface area (Å²) in [6.07, 6.45) is -1.36. The summed E-state index contributed by atoms with van der Waals surface area (Å²) in [7, 11) is 0. The van der Waals surface area contributed by atoms with Crippen LogP contribution in [0.4, 0.5) is 17.6 Å². The first kappa shape index (κ1) is 26.3. The lowest BCUT2D eigenvalue weighted by Crippen LogP contribution is -2.72. The highest BCUT2D eigenvalue weighted by molar-refractivity contribution is 5.87. The van der Waals surface area contributed by atoms with Crippen molar-refractivity contribution in [2.75, 3.05) is 13.2 Å². The Hall–Kier alpha value is -3.75. The van der Waals surface area contributed by atoms with Crippen LogP contribution in [0.25, 0.3) is 0 Å². The predicted octanol–water partition coefficient (Wildman–Crippen LogP) is 6.93. The molecule has 0 bridgehead atoms. The number of carbonyl (C=O) groups excluding carboxylic acids is 1. The molecule has 1 aliphatic carbocycles. The van der Waals surface area contributed by atoms with E-state index in [2.05, 4.69) is 0 Å². The quantitative estimate of drug-likeness (QED) is 0.215.